The number of hydrogen-bond acceptors (Lipinski definition) is 6. The average molecular weight is 490 g/mol. The molecular formula is C26H27N5O3S. The second-order valence-electron chi connectivity index (χ2n) is 7.81. The first kappa shape index (κ1) is 24.3. The monoisotopic (exact) mass is 489 g/mol. The van der Waals surface area contributed by atoms with Crippen molar-refractivity contribution in [3.63, 3.8) is 0 Å². The molecule has 4 rings (SSSR count). The Bertz CT molecular complexity index is 1320. The molecule has 9 heteroatoms. The predicted molar refractivity (Wildman–Crippen MR) is 138 cm³/mol. The first-order valence-corrected chi connectivity index (χ1v) is 12.3. The van der Waals surface area contributed by atoms with E-state index >= 15 is 0 Å². The summed E-state index contributed by atoms with van der Waals surface area (Å²) in [7, 11) is 1.61. The SMILES string of the molecule is CCn1c(CNC(=O)Cc2ccc(OC)cc2)nnc1SCC(=O)Nc1cccc2ccccc12. The largest absolute Gasteiger partial charge is 0.497 e. The summed E-state index contributed by atoms with van der Waals surface area (Å²) in [6.07, 6.45) is 0.264. The van der Waals surface area contributed by atoms with Crippen molar-refractivity contribution in [3.8, 4) is 5.75 Å². The fraction of sp³-hybridized carbons (Fsp3) is 0.231. The van der Waals surface area contributed by atoms with E-state index in [1.807, 2.05) is 78.2 Å². The van der Waals surface area contributed by atoms with Gasteiger partial charge in [-0.2, -0.15) is 0 Å². The van der Waals surface area contributed by atoms with Crippen LogP contribution in [0.5, 0.6) is 5.75 Å². The van der Waals surface area contributed by atoms with Crippen molar-refractivity contribution in [1.29, 1.82) is 0 Å². The molecule has 0 fully saturated rings. The third-order valence-electron chi connectivity index (χ3n) is 5.47. The smallest absolute Gasteiger partial charge is 0.234 e. The zero-order valence-electron chi connectivity index (χ0n) is 19.7. The van der Waals surface area contributed by atoms with Crippen LogP contribution >= 0.6 is 11.8 Å². The summed E-state index contributed by atoms with van der Waals surface area (Å²) in [5.74, 6) is 1.37. The Morgan fingerprint density at radius 1 is 0.971 bits per heavy atom. The summed E-state index contributed by atoms with van der Waals surface area (Å²) < 4.78 is 7.05. The first-order chi connectivity index (χ1) is 17.1. The molecule has 0 spiro atoms. The van der Waals surface area contributed by atoms with E-state index in [9.17, 15) is 9.59 Å². The van der Waals surface area contributed by atoms with Crippen molar-refractivity contribution in [3.05, 3.63) is 78.1 Å². The Morgan fingerprint density at radius 2 is 1.74 bits per heavy atom. The van der Waals surface area contributed by atoms with Crippen LogP contribution in [0.4, 0.5) is 5.69 Å². The van der Waals surface area contributed by atoms with Crippen LogP contribution < -0.4 is 15.4 Å². The summed E-state index contributed by atoms with van der Waals surface area (Å²) in [6.45, 7) is 2.87. The Kier molecular flexibility index (Phi) is 7.99. The normalized spacial score (nSPS) is 10.8. The van der Waals surface area contributed by atoms with Gasteiger partial charge in [-0.3, -0.25) is 9.59 Å². The number of amides is 2. The summed E-state index contributed by atoms with van der Waals surface area (Å²) >= 11 is 1.32. The van der Waals surface area contributed by atoms with Crippen LogP contribution in [0.25, 0.3) is 10.8 Å². The standard InChI is InChI=1S/C26H27N5O3S/c1-3-31-23(16-27-24(32)15-18-11-13-20(34-2)14-12-18)29-30-26(31)35-17-25(33)28-22-10-6-8-19-7-4-5-9-21(19)22/h4-14H,3,15-17H2,1-2H3,(H,27,32)(H,28,33). The average Bonchev–Trinajstić information content (AvgIpc) is 3.28. The second-order valence-corrected chi connectivity index (χ2v) is 8.75. The third-order valence-corrected chi connectivity index (χ3v) is 6.44. The number of benzene rings is 3. The van der Waals surface area contributed by atoms with Crippen LogP contribution in [-0.2, 0) is 29.1 Å². The third kappa shape index (κ3) is 6.19. The van der Waals surface area contributed by atoms with Gasteiger partial charge < -0.3 is 19.9 Å². The molecule has 4 aromatic rings. The maximum Gasteiger partial charge on any atom is 0.234 e. The van der Waals surface area contributed by atoms with Crippen molar-refractivity contribution in [2.45, 2.75) is 31.6 Å². The van der Waals surface area contributed by atoms with E-state index in [0.29, 0.717) is 17.5 Å². The van der Waals surface area contributed by atoms with Crippen LogP contribution in [0.15, 0.2) is 71.9 Å². The molecule has 3 aromatic carbocycles. The van der Waals surface area contributed by atoms with Crippen molar-refractivity contribution in [2.24, 2.45) is 0 Å². The minimum Gasteiger partial charge on any atom is -0.497 e. The van der Waals surface area contributed by atoms with E-state index in [2.05, 4.69) is 20.8 Å². The lowest BCUT2D eigenvalue weighted by molar-refractivity contribution is -0.120. The van der Waals surface area contributed by atoms with Crippen LogP contribution in [0, 0.1) is 0 Å². The van der Waals surface area contributed by atoms with Gasteiger partial charge in [0.15, 0.2) is 11.0 Å². The lowest BCUT2D eigenvalue weighted by Gasteiger charge is -2.10. The molecule has 8 nitrogen and oxygen atoms in total. The van der Waals surface area contributed by atoms with Gasteiger partial charge in [-0.25, -0.2) is 0 Å². The summed E-state index contributed by atoms with van der Waals surface area (Å²) in [5, 5.41) is 17.0. The molecule has 0 atom stereocenters. The number of methoxy groups -OCH3 is 1. The molecule has 0 radical (unpaired) electrons. The predicted octanol–water partition coefficient (Wildman–Crippen LogP) is 4.05. The Morgan fingerprint density at radius 3 is 2.51 bits per heavy atom. The molecule has 1 aromatic heterocycles. The molecule has 0 aliphatic carbocycles. The molecule has 2 N–H and O–H groups in total. The molecule has 0 unspecified atom stereocenters. The highest BCUT2D eigenvalue weighted by molar-refractivity contribution is 7.99. The van der Waals surface area contributed by atoms with Gasteiger partial charge in [0.1, 0.15) is 5.75 Å². The van der Waals surface area contributed by atoms with Crippen molar-refractivity contribution >= 4 is 40.0 Å². The maximum atomic E-state index is 12.6. The minimum absolute atomic E-state index is 0.107. The minimum atomic E-state index is -0.119. The molecular weight excluding hydrogens is 462 g/mol. The van der Waals surface area contributed by atoms with Gasteiger partial charge in [0.2, 0.25) is 11.8 Å². The lowest BCUT2D eigenvalue weighted by Crippen LogP contribution is -2.26. The van der Waals surface area contributed by atoms with Gasteiger partial charge >= 0.3 is 0 Å². The number of carbonyl (C=O) groups is 2. The second kappa shape index (κ2) is 11.5. The lowest BCUT2D eigenvalue weighted by atomic mass is 10.1. The molecule has 2 amide bonds. The zero-order chi connectivity index (χ0) is 24.6. The number of ether oxygens (including phenoxy) is 1. The zero-order valence-corrected chi connectivity index (χ0v) is 20.5. The number of carbonyl (C=O) groups excluding carboxylic acids is 2. The fourth-order valence-electron chi connectivity index (χ4n) is 3.69. The van der Waals surface area contributed by atoms with Gasteiger partial charge in [-0.1, -0.05) is 60.3 Å². The fourth-order valence-corrected chi connectivity index (χ4v) is 4.52. The molecule has 35 heavy (non-hydrogen) atoms. The molecule has 0 saturated heterocycles. The number of aromatic nitrogens is 3. The van der Waals surface area contributed by atoms with Crippen molar-refractivity contribution in [2.75, 3.05) is 18.2 Å². The summed E-state index contributed by atoms with van der Waals surface area (Å²) in [4.78, 5) is 25.0. The van der Waals surface area contributed by atoms with E-state index in [4.69, 9.17) is 4.74 Å². The number of rotatable bonds is 10. The number of nitrogens with one attached hydrogen (secondary N) is 2. The highest BCUT2D eigenvalue weighted by atomic mass is 32.2. The molecule has 0 saturated carbocycles. The quantitative estimate of drug-likeness (QED) is 0.326. The van der Waals surface area contributed by atoms with Gasteiger partial charge in [-0.05, 0) is 36.1 Å². The summed E-state index contributed by atoms with van der Waals surface area (Å²) in [6, 6.07) is 21.2. The maximum absolute atomic E-state index is 12.6. The highest BCUT2D eigenvalue weighted by Crippen LogP contribution is 2.24. The summed E-state index contributed by atoms with van der Waals surface area (Å²) in [5.41, 5.74) is 1.68. The van der Waals surface area contributed by atoms with E-state index < -0.39 is 0 Å². The Labute approximate surface area is 208 Å². The van der Waals surface area contributed by atoms with Crippen molar-refractivity contribution in [1.82, 2.24) is 20.1 Å². The van der Waals surface area contributed by atoms with Gasteiger partial charge in [0, 0.05) is 17.6 Å². The molecule has 0 bridgehead atoms. The number of anilines is 1. The van der Waals surface area contributed by atoms with Gasteiger partial charge in [0.25, 0.3) is 0 Å². The van der Waals surface area contributed by atoms with Crippen LogP contribution in [-0.4, -0.2) is 39.4 Å². The van der Waals surface area contributed by atoms with E-state index in [-0.39, 0.29) is 30.5 Å². The van der Waals surface area contributed by atoms with Gasteiger partial charge in [-0.15, -0.1) is 10.2 Å². The molecule has 0 aliphatic rings. The first-order valence-electron chi connectivity index (χ1n) is 11.3. The van der Waals surface area contributed by atoms with Crippen LogP contribution in [0.3, 0.4) is 0 Å². The number of thioether (sulfide) groups is 1. The Hall–Kier alpha value is -3.85. The molecule has 1 heterocycles. The molecule has 180 valence electrons. The highest BCUT2D eigenvalue weighted by Gasteiger charge is 2.15. The van der Waals surface area contributed by atoms with E-state index in [1.165, 1.54) is 11.8 Å². The molecule has 0 aliphatic heterocycles. The number of hydrogen-bond donors (Lipinski definition) is 2. The van der Waals surface area contributed by atoms with E-state index in [1.54, 1.807) is 7.11 Å². The number of nitrogens with zero attached hydrogens (tertiary/aromatic N) is 3. The van der Waals surface area contributed by atoms with Gasteiger partial charge in [0.05, 0.1) is 25.8 Å². The Balaban J connectivity index is 1.31. The van der Waals surface area contributed by atoms with Crippen molar-refractivity contribution < 1.29 is 14.3 Å². The van der Waals surface area contributed by atoms with Crippen LogP contribution in [0.1, 0.15) is 18.3 Å². The van der Waals surface area contributed by atoms with E-state index in [0.717, 1.165) is 27.8 Å². The topological polar surface area (TPSA) is 98.1 Å². The number of fused-ring (bicyclic) bond motifs is 1. The van der Waals surface area contributed by atoms with Crippen LogP contribution in [0.2, 0.25) is 0 Å².